The molecule has 0 bridgehead atoms. The van der Waals surface area contributed by atoms with E-state index in [1.165, 1.54) is 5.56 Å². The maximum absolute atomic E-state index is 12.4. The molecule has 0 spiro atoms. The van der Waals surface area contributed by atoms with Gasteiger partial charge in [-0.25, -0.2) is 9.79 Å². The monoisotopic (exact) mass is 419 g/mol. The van der Waals surface area contributed by atoms with E-state index in [9.17, 15) is 4.79 Å². The minimum atomic E-state index is -0.455. The van der Waals surface area contributed by atoms with Gasteiger partial charge in [0.1, 0.15) is 5.75 Å². The van der Waals surface area contributed by atoms with Gasteiger partial charge in [-0.05, 0) is 52.2 Å². The summed E-state index contributed by atoms with van der Waals surface area (Å²) in [7, 11) is 0. The van der Waals surface area contributed by atoms with Crippen molar-refractivity contribution in [1.29, 1.82) is 0 Å². The van der Waals surface area contributed by atoms with Crippen LogP contribution in [-0.2, 0) is 16.0 Å². The molecular weight excluding hydrogens is 398 g/mol. The minimum Gasteiger partial charge on any atom is -0.493 e. The summed E-state index contributed by atoms with van der Waals surface area (Å²) in [6, 6.07) is 31.8. The fraction of sp³-hybridized carbons (Fsp3) is 0.0714. The van der Waals surface area contributed by atoms with Crippen molar-refractivity contribution in [1.82, 2.24) is 0 Å². The lowest BCUT2D eigenvalue weighted by molar-refractivity contribution is -0.129. The van der Waals surface area contributed by atoms with E-state index >= 15 is 0 Å². The number of rotatable bonds is 6. The fourth-order valence-corrected chi connectivity index (χ4v) is 3.64. The summed E-state index contributed by atoms with van der Waals surface area (Å²) in [5.41, 5.74) is 3.11. The molecular formula is C28H21NO3. The van der Waals surface area contributed by atoms with Crippen LogP contribution in [-0.4, -0.2) is 18.5 Å². The van der Waals surface area contributed by atoms with Gasteiger partial charge in [-0.3, -0.25) is 0 Å². The van der Waals surface area contributed by atoms with Gasteiger partial charge < -0.3 is 9.47 Å². The quantitative estimate of drug-likeness (QED) is 0.293. The summed E-state index contributed by atoms with van der Waals surface area (Å²) in [4.78, 5) is 16.8. The molecule has 1 heterocycles. The van der Waals surface area contributed by atoms with E-state index in [4.69, 9.17) is 9.47 Å². The SMILES string of the molecule is O=C1OC(c2ccc3ccccc3c2)=N/C1=C\c1cccc(OCCc2ccccc2)c1. The number of hydrogen-bond acceptors (Lipinski definition) is 4. The number of esters is 1. The highest BCUT2D eigenvalue weighted by molar-refractivity contribution is 6.13. The lowest BCUT2D eigenvalue weighted by Gasteiger charge is -2.07. The van der Waals surface area contributed by atoms with Gasteiger partial charge in [0.05, 0.1) is 6.61 Å². The molecule has 4 aromatic rings. The van der Waals surface area contributed by atoms with Gasteiger partial charge in [0.15, 0.2) is 5.70 Å². The number of nitrogens with zero attached hydrogens (tertiary/aromatic N) is 1. The van der Waals surface area contributed by atoms with E-state index in [0.717, 1.165) is 34.1 Å². The maximum Gasteiger partial charge on any atom is 0.363 e. The Morgan fingerprint density at radius 1 is 0.812 bits per heavy atom. The highest BCUT2D eigenvalue weighted by atomic mass is 16.6. The molecule has 0 atom stereocenters. The number of ether oxygens (including phenoxy) is 2. The normalized spacial score (nSPS) is 14.4. The Bertz CT molecular complexity index is 1340. The molecule has 4 aromatic carbocycles. The standard InChI is InChI=1S/C28H21NO3/c30-28-26(29-27(32-28)24-14-13-22-10-4-5-11-23(22)19-24)18-21-9-6-12-25(17-21)31-16-15-20-7-2-1-3-8-20/h1-14,17-19H,15-16H2/b26-18-. The van der Waals surface area contributed by atoms with Crippen LogP contribution in [0.2, 0.25) is 0 Å². The number of hydrogen-bond donors (Lipinski definition) is 0. The third-order valence-electron chi connectivity index (χ3n) is 5.28. The topological polar surface area (TPSA) is 47.9 Å². The average Bonchev–Trinajstić information content (AvgIpc) is 3.20. The molecule has 0 aliphatic carbocycles. The Balaban J connectivity index is 1.32. The van der Waals surface area contributed by atoms with Crippen LogP contribution in [0.1, 0.15) is 16.7 Å². The smallest absolute Gasteiger partial charge is 0.363 e. The fourth-order valence-electron chi connectivity index (χ4n) is 3.64. The number of fused-ring (bicyclic) bond motifs is 1. The van der Waals surface area contributed by atoms with Gasteiger partial charge in [0.2, 0.25) is 5.90 Å². The van der Waals surface area contributed by atoms with Crippen molar-refractivity contribution < 1.29 is 14.3 Å². The van der Waals surface area contributed by atoms with Crippen LogP contribution < -0.4 is 4.74 Å². The van der Waals surface area contributed by atoms with E-state index < -0.39 is 5.97 Å². The number of cyclic esters (lactones) is 1. The van der Waals surface area contributed by atoms with Crippen molar-refractivity contribution >= 4 is 28.7 Å². The number of aliphatic imine (C=N–C) groups is 1. The van der Waals surface area contributed by atoms with Gasteiger partial charge >= 0.3 is 5.97 Å². The molecule has 1 aliphatic heterocycles. The molecule has 1 aliphatic rings. The van der Waals surface area contributed by atoms with Crippen molar-refractivity contribution in [2.24, 2.45) is 4.99 Å². The lowest BCUT2D eigenvalue weighted by atomic mass is 10.1. The van der Waals surface area contributed by atoms with Gasteiger partial charge in [0.25, 0.3) is 0 Å². The van der Waals surface area contributed by atoms with Crippen molar-refractivity contribution in [2.45, 2.75) is 6.42 Å². The molecule has 0 aromatic heterocycles. The third-order valence-corrected chi connectivity index (χ3v) is 5.28. The van der Waals surface area contributed by atoms with Gasteiger partial charge in [-0.15, -0.1) is 0 Å². The molecule has 0 saturated carbocycles. The minimum absolute atomic E-state index is 0.273. The van der Waals surface area contributed by atoms with Crippen LogP contribution in [0.3, 0.4) is 0 Å². The Kier molecular flexibility index (Phi) is 5.50. The highest BCUT2D eigenvalue weighted by Crippen LogP contribution is 2.23. The summed E-state index contributed by atoms with van der Waals surface area (Å²) in [5, 5.41) is 2.20. The molecule has 0 radical (unpaired) electrons. The Hall–Kier alpha value is -4.18. The Morgan fingerprint density at radius 2 is 1.62 bits per heavy atom. The van der Waals surface area contributed by atoms with E-state index in [2.05, 4.69) is 17.1 Å². The van der Waals surface area contributed by atoms with Crippen molar-refractivity contribution in [3.05, 3.63) is 119 Å². The Labute approximate surface area is 186 Å². The largest absolute Gasteiger partial charge is 0.493 e. The van der Waals surface area contributed by atoms with Crippen LogP contribution in [0.4, 0.5) is 0 Å². The molecule has 0 saturated heterocycles. The molecule has 0 N–H and O–H groups in total. The molecule has 4 nitrogen and oxygen atoms in total. The van der Waals surface area contributed by atoms with Gasteiger partial charge in [-0.1, -0.05) is 72.8 Å². The van der Waals surface area contributed by atoms with E-state index in [1.54, 1.807) is 6.08 Å². The van der Waals surface area contributed by atoms with E-state index in [1.807, 2.05) is 84.9 Å². The third kappa shape index (κ3) is 4.44. The van der Waals surface area contributed by atoms with Crippen molar-refractivity contribution in [2.75, 3.05) is 6.61 Å². The van der Waals surface area contributed by atoms with Crippen molar-refractivity contribution in [3.8, 4) is 5.75 Å². The second-order valence-electron chi connectivity index (χ2n) is 7.55. The Morgan fingerprint density at radius 3 is 2.50 bits per heavy atom. The molecule has 32 heavy (non-hydrogen) atoms. The van der Waals surface area contributed by atoms with Gasteiger partial charge in [0, 0.05) is 12.0 Å². The average molecular weight is 419 g/mol. The first-order chi connectivity index (χ1) is 15.7. The summed E-state index contributed by atoms with van der Waals surface area (Å²) in [6.45, 7) is 0.580. The van der Waals surface area contributed by atoms with Crippen LogP contribution in [0, 0.1) is 0 Å². The molecule has 5 rings (SSSR count). The van der Waals surface area contributed by atoms with Gasteiger partial charge in [-0.2, -0.15) is 0 Å². The first-order valence-corrected chi connectivity index (χ1v) is 10.5. The molecule has 4 heteroatoms. The second-order valence-corrected chi connectivity index (χ2v) is 7.55. The zero-order valence-electron chi connectivity index (χ0n) is 17.4. The van der Waals surface area contributed by atoms with Crippen LogP contribution in [0.15, 0.2) is 108 Å². The summed E-state index contributed by atoms with van der Waals surface area (Å²) in [5.74, 6) is 0.617. The molecule has 0 unspecified atom stereocenters. The zero-order valence-corrected chi connectivity index (χ0v) is 17.4. The van der Waals surface area contributed by atoms with E-state index in [-0.39, 0.29) is 5.70 Å². The summed E-state index contributed by atoms with van der Waals surface area (Å²) in [6.07, 6.45) is 2.55. The molecule has 156 valence electrons. The summed E-state index contributed by atoms with van der Waals surface area (Å²) >= 11 is 0. The number of carbonyl (C=O) groups is 1. The summed E-state index contributed by atoms with van der Waals surface area (Å²) < 4.78 is 11.3. The highest BCUT2D eigenvalue weighted by Gasteiger charge is 2.24. The zero-order chi connectivity index (χ0) is 21.8. The van der Waals surface area contributed by atoms with Crippen LogP contribution in [0.5, 0.6) is 5.75 Å². The number of benzene rings is 4. The van der Waals surface area contributed by atoms with Crippen molar-refractivity contribution in [3.63, 3.8) is 0 Å². The maximum atomic E-state index is 12.4. The first-order valence-electron chi connectivity index (χ1n) is 10.5. The van der Waals surface area contributed by atoms with Crippen LogP contribution >= 0.6 is 0 Å². The predicted octanol–water partition coefficient (Wildman–Crippen LogP) is 5.81. The molecule has 0 fully saturated rings. The number of carbonyl (C=O) groups excluding carboxylic acids is 1. The second kappa shape index (κ2) is 8.90. The van der Waals surface area contributed by atoms with E-state index in [0.29, 0.717) is 12.5 Å². The first kappa shape index (κ1) is 19.8. The molecule has 0 amide bonds. The lowest BCUT2D eigenvalue weighted by Crippen LogP contribution is -2.05. The van der Waals surface area contributed by atoms with Crippen LogP contribution in [0.25, 0.3) is 16.8 Å². The predicted molar refractivity (Wildman–Crippen MR) is 127 cm³/mol.